The number of rotatable bonds is 4. The number of aromatic nitrogens is 2. The SMILES string of the molecule is CCc1c(C)noc1NC(=O)c1coc(CN)n1. The van der Waals surface area contributed by atoms with E-state index in [2.05, 4.69) is 15.5 Å². The first kappa shape index (κ1) is 12.3. The highest BCUT2D eigenvalue weighted by molar-refractivity contribution is 6.02. The monoisotopic (exact) mass is 250 g/mol. The molecule has 1 amide bonds. The lowest BCUT2D eigenvalue weighted by Gasteiger charge is -1.99. The second kappa shape index (κ2) is 5.01. The molecule has 0 saturated carbocycles. The Bertz CT molecular complexity index is 558. The topological polar surface area (TPSA) is 107 Å². The molecule has 0 aliphatic carbocycles. The highest BCUT2D eigenvalue weighted by Crippen LogP contribution is 2.20. The van der Waals surface area contributed by atoms with Gasteiger partial charge in [0.05, 0.1) is 12.2 Å². The summed E-state index contributed by atoms with van der Waals surface area (Å²) in [6, 6.07) is 0. The van der Waals surface area contributed by atoms with E-state index in [-0.39, 0.29) is 12.2 Å². The Morgan fingerprint density at radius 2 is 2.33 bits per heavy atom. The third-order valence-corrected chi connectivity index (χ3v) is 2.52. The number of carbonyl (C=O) groups excluding carboxylic acids is 1. The van der Waals surface area contributed by atoms with Gasteiger partial charge in [0, 0.05) is 5.56 Å². The lowest BCUT2D eigenvalue weighted by Crippen LogP contribution is -2.13. The normalized spacial score (nSPS) is 10.6. The van der Waals surface area contributed by atoms with Crippen LogP contribution in [0.1, 0.15) is 34.6 Å². The van der Waals surface area contributed by atoms with E-state index in [0.717, 1.165) is 17.7 Å². The Morgan fingerprint density at radius 3 is 2.94 bits per heavy atom. The second-order valence-corrected chi connectivity index (χ2v) is 3.71. The van der Waals surface area contributed by atoms with E-state index in [4.69, 9.17) is 14.7 Å². The van der Waals surface area contributed by atoms with Crippen LogP contribution in [0.4, 0.5) is 5.88 Å². The Hall–Kier alpha value is -2.15. The third kappa shape index (κ3) is 2.25. The molecule has 7 heteroatoms. The van der Waals surface area contributed by atoms with Crippen molar-refractivity contribution in [1.29, 1.82) is 0 Å². The molecule has 96 valence electrons. The summed E-state index contributed by atoms with van der Waals surface area (Å²) in [5, 5.41) is 6.41. The number of anilines is 1. The van der Waals surface area contributed by atoms with Crippen LogP contribution < -0.4 is 11.1 Å². The van der Waals surface area contributed by atoms with Gasteiger partial charge in [0.25, 0.3) is 5.91 Å². The average molecular weight is 250 g/mol. The van der Waals surface area contributed by atoms with Gasteiger partial charge in [0.15, 0.2) is 5.69 Å². The summed E-state index contributed by atoms with van der Waals surface area (Å²) in [5.41, 5.74) is 7.13. The van der Waals surface area contributed by atoms with Crippen molar-refractivity contribution in [2.75, 3.05) is 5.32 Å². The minimum absolute atomic E-state index is 0.148. The summed E-state index contributed by atoms with van der Waals surface area (Å²) in [5.74, 6) is 0.242. The van der Waals surface area contributed by atoms with Gasteiger partial charge in [-0.1, -0.05) is 12.1 Å². The van der Waals surface area contributed by atoms with Crippen LogP contribution in [0.3, 0.4) is 0 Å². The van der Waals surface area contributed by atoms with Crippen molar-refractivity contribution in [2.24, 2.45) is 5.73 Å². The zero-order valence-corrected chi connectivity index (χ0v) is 10.2. The van der Waals surface area contributed by atoms with Crippen LogP contribution in [-0.4, -0.2) is 16.0 Å². The maximum Gasteiger partial charge on any atom is 0.280 e. The number of aryl methyl sites for hydroxylation is 1. The van der Waals surface area contributed by atoms with Gasteiger partial charge in [-0.15, -0.1) is 0 Å². The van der Waals surface area contributed by atoms with Crippen LogP contribution >= 0.6 is 0 Å². The van der Waals surface area contributed by atoms with Gasteiger partial charge >= 0.3 is 0 Å². The standard InChI is InChI=1S/C11H14N4O3/c1-3-7-6(2)15-18-11(7)14-10(16)8-5-17-9(4-12)13-8/h5H,3-4,12H2,1-2H3,(H,14,16). The van der Waals surface area contributed by atoms with E-state index in [1.54, 1.807) is 0 Å². The number of nitrogens with two attached hydrogens (primary N) is 1. The first-order valence-electron chi connectivity index (χ1n) is 5.56. The van der Waals surface area contributed by atoms with Crippen LogP contribution in [0, 0.1) is 6.92 Å². The smallest absolute Gasteiger partial charge is 0.280 e. The molecule has 18 heavy (non-hydrogen) atoms. The Labute approximate surface area is 103 Å². The number of carbonyl (C=O) groups is 1. The summed E-state index contributed by atoms with van der Waals surface area (Å²) in [4.78, 5) is 15.8. The van der Waals surface area contributed by atoms with Gasteiger partial charge in [-0.2, -0.15) is 0 Å². The summed E-state index contributed by atoms with van der Waals surface area (Å²) < 4.78 is 10.0. The molecule has 0 spiro atoms. The maximum absolute atomic E-state index is 11.9. The lowest BCUT2D eigenvalue weighted by molar-refractivity contribution is 0.101. The van der Waals surface area contributed by atoms with Crippen LogP contribution in [0.15, 0.2) is 15.2 Å². The molecule has 0 aliphatic rings. The van der Waals surface area contributed by atoms with Gasteiger partial charge in [0.1, 0.15) is 6.26 Å². The molecule has 2 heterocycles. The second-order valence-electron chi connectivity index (χ2n) is 3.71. The highest BCUT2D eigenvalue weighted by Gasteiger charge is 2.17. The van der Waals surface area contributed by atoms with Gasteiger partial charge in [0.2, 0.25) is 11.8 Å². The molecule has 0 bridgehead atoms. The largest absolute Gasteiger partial charge is 0.447 e. The number of hydrogen-bond acceptors (Lipinski definition) is 6. The molecular weight excluding hydrogens is 236 g/mol. The van der Waals surface area contributed by atoms with E-state index in [1.807, 2.05) is 13.8 Å². The fourth-order valence-electron chi connectivity index (χ4n) is 1.58. The third-order valence-electron chi connectivity index (χ3n) is 2.52. The fourth-order valence-corrected chi connectivity index (χ4v) is 1.58. The Morgan fingerprint density at radius 1 is 1.56 bits per heavy atom. The van der Waals surface area contributed by atoms with Gasteiger partial charge in [-0.05, 0) is 13.3 Å². The van der Waals surface area contributed by atoms with Crippen molar-refractivity contribution in [2.45, 2.75) is 26.8 Å². The minimum atomic E-state index is -0.413. The number of oxazole rings is 1. The predicted molar refractivity (Wildman–Crippen MR) is 63.0 cm³/mol. The highest BCUT2D eigenvalue weighted by atomic mass is 16.5. The molecule has 0 atom stereocenters. The summed E-state index contributed by atoms with van der Waals surface area (Å²) in [6.07, 6.45) is 1.98. The maximum atomic E-state index is 11.9. The number of hydrogen-bond donors (Lipinski definition) is 2. The number of amides is 1. The number of nitrogens with zero attached hydrogens (tertiary/aromatic N) is 2. The van der Waals surface area contributed by atoms with Crippen molar-refractivity contribution >= 4 is 11.8 Å². The molecule has 2 aromatic rings. The Balaban J connectivity index is 2.15. The van der Waals surface area contributed by atoms with Gasteiger partial charge in [-0.3, -0.25) is 10.1 Å². The fraction of sp³-hybridized carbons (Fsp3) is 0.364. The van der Waals surface area contributed by atoms with E-state index in [9.17, 15) is 4.79 Å². The molecule has 7 nitrogen and oxygen atoms in total. The van der Waals surface area contributed by atoms with Crippen molar-refractivity contribution in [3.8, 4) is 0 Å². The molecule has 0 saturated heterocycles. The van der Waals surface area contributed by atoms with E-state index >= 15 is 0 Å². The minimum Gasteiger partial charge on any atom is -0.447 e. The average Bonchev–Trinajstić information content (AvgIpc) is 2.96. The van der Waals surface area contributed by atoms with E-state index in [1.165, 1.54) is 6.26 Å². The van der Waals surface area contributed by atoms with Crippen LogP contribution in [0.5, 0.6) is 0 Å². The Kier molecular flexibility index (Phi) is 3.42. The van der Waals surface area contributed by atoms with Crippen molar-refractivity contribution in [3.63, 3.8) is 0 Å². The van der Waals surface area contributed by atoms with E-state index < -0.39 is 5.91 Å². The molecule has 0 unspecified atom stereocenters. The molecule has 2 aromatic heterocycles. The first-order chi connectivity index (χ1) is 8.65. The molecule has 2 rings (SSSR count). The van der Waals surface area contributed by atoms with Gasteiger partial charge in [-0.25, -0.2) is 4.98 Å². The summed E-state index contributed by atoms with van der Waals surface area (Å²) in [7, 11) is 0. The zero-order valence-electron chi connectivity index (χ0n) is 10.2. The van der Waals surface area contributed by atoms with Crippen molar-refractivity contribution < 1.29 is 13.7 Å². The molecule has 0 aliphatic heterocycles. The zero-order chi connectivity index (χ0) is 13.1. The summed E-state index contributed by atoms with van der Waals surface area (Å²) in [6.45, 7) is 3.92. The quantitative estimate of drug-likeness (QED) is 0.845. The van der Waals surface area contributed by atoms with Gasteiger partial charge < -0.3 is 14.7 Å². The van der Waals surface area contributed by atoms with Crippen LogP contribution in [-0.2, 0) is 13.0 Å². The van der Waals surface area contributed by atoms with Crippen LogP contribution in [0.2, 0.25) is 0 Å². The van der Waals surface area contributed by atoms with Crippen LogP contribution in [0.25, 0.3) is 0 Å². The molecule has 3 N–H and O–H groups in total. The van der Waals surface area contributed by atoms with Crippen molar-refractivity contribution in [3.05, 3.63) is 29.1 Å². The molecule has 0 radical (unpaired) electrons. The molecule has 0 fully saturated rings. The summed E-state index contributed by atoms with van der Waals surface area (Å²) >= 11 is 0. The lowest BCUT2D eigenvalue weighted by atomic mass is 10.2. The number of nitrogens with one attached hydrogen (secondary N) is 1. The molecular formula is C11H14N4O3. The molecule has 0 aromatic carbocycles. The van der Waals surface area contributed by atoms with E-state index in [0.29, 0.717) is 11.8 Å². The van der Waals surface area contributed by atoms with Crippen molar-refractivity contribution in [1.82, 2.24) is 10.1 Å². The first-order valence-corrected chi connectivity index (χ1v) is 5.56. The predicted octanol–water partition coefficient (Wildman–Crippen LogP) is 1.24.